The highest BCUT2D eigenvalue weighted by molar-refractivity contribution is 4.99. The molecule has 1 atom stereocenters. The van der Waals surface area contributed by atoms with E-state index in [2.05, 4.69) is 33.5 Å². The zero-order valence-electron chi connectivity index (χ0n) is 10.9. The molecule has 0 radical (unpaired) electrons. The van der Waals surface area contributed by atoms with Gasteiger partial charge in [0.2, 0.25) is 0 Å². The van der Waals surface area contributed by atoms with Gasteiger partial charge in [0.25, 0.3) is 0 Å². The molecule has 0 spiro atoms. The Morgan fingerprint density at radius 1 is 1.41 bits per heavy atom. The van der Waals surface area contributed by atoms with E-state index in [0.717, 1.165) is 44.1 Å². The number of hydrogen-bond donors (Lipinski definition) is 1. The molecule has 1 N–H and O–H groups in total. The highest BCUT2D eigenvalue weighted by Crippen LogP contribution is 2.15. The third-order valence-electron chi connectivity index (χ3n) is 3.36. The quantitative estimate of drug-likeness (QED) is 0.850. The standard InChI is InChI=1S/C12H22N4O/c1-9(2)12-14-13-11(15(12)3)8-16-6-4-5-10(17)7-16/h9-10,17H,4-8H2,1-3H3. The van der Waals surface area contributed by atoms with Crippen molar-refractivity contribution in [3.63, 3.8) is 0 Å². The largest absolute Gasteiger partial charge is 0.392 e. The predicted octanol–water partition coefficient (Wildman–Crippen LogP) is 0.895. The van der Waals surface area contributed by atoms with Crippen molar-refractivity contribution < 1.29 is 5.11 Å². The Balaban J connectivity index is 2.03. The van der Waals surface area contributed by atoms with E-state index in [0.29, 0.717) is 5.92 Å². The summed E-state index contributed by atoms with van der Waals surface area (Å²) in [5.41, 5.74) is 0. The van der Waals surface area contributed by atoms with Gasteiger partial charge in [-0.05, 0) is 19.4 Å². The third kappa shape index (κ3) is 2.84. The summed E-state index contributed by atoms with van der Waals surface area (Å²) >= 11 is 0. The molecule has 1 aliphatic rings. The molecule has 5 nitrogen and oxygen atoms in total. The highest BCUT2D eigenvalue weighted by Gasteiger charge is 2.20. The summed E-state index contributed by atoms with van der Waals surface area (Å²) < 4.78 is 2.08. The van der Waals surface area contributed by atoms with E-state index < -0.39 is 0 Å². The molecule has 0 saturated carbocycles. The number of hydrogen-bond acceptors (Lipinski definition) is 4. The molecule has 2 heterocycles. The monoisotopic (exact) mass is 238 g/mol. The van der Waals surface area contributed by atoms with Crippen LogP contribution in [0.15, 0.2) is 0 Å². The molecule has 0 aliphatic carbocycles. The lowest BCUT2D eigenvalue weighted by molar-refractivity contribution is 0.0650. The summed E-state index contributed by atoms with van der Waals surface area (Å²) in [5, 5.41) is 18.1. The molecule has 1 fully saturated rings. The van der Waals surface area contributed by atoms with Crippen LogP contribution in [0.25, 0.3) is 0 Å². The number of piperidine rings is 1. The molecule has 1 aliphatic heterocycles. The van der Waals surface area contributed by atoms with E-state index >= 15 is 0 Å². The smallest absolute Gasteiger partial charge is 0.146 e. The van der Waals surface area contributed by atoms with Crippen molar-refractivity contribution >= 4 is 0 Å². The Bertz CT molecular complexity index is 375. The Morgan fingerprint density at radius 3 is 2.76 bits per heavy atom. The molecule has 5 heteroatoms. The number of aromatic nitrogens is 3. The molecule has 96 valence electrons. The van der Waals surface area contributed by atoms with E-state index in [1.807, 2.05) is 7.05 Å². The summed E-state index contributed by atoms with van der Waals surface area (Å²) in [6, 6.07) is 0. The fourth-order valence-corrected chi connectivity index (χ4v) is 2.39. The van der Waals surface area contributed by atoms with Gasteiger partial charge in [-0.25, -0.2) is 0 Å². The van der Waals surface area contributed by atoms with Gasteiger partial charge in [0.05, 0.1) is 12.6 Å². The normalized spacial score (nSPS) is 22.3. The van der Waals surface area contributed by atoms with Crippen molar-refractivity contribution in [1.82, 2.24) is 19.7 Å². The molecule has 2 rings (SSSR count). The van der Waals surface area contributed by atoms with Crippen molar-refractivity contribution in [1.29, 1.82) is 0 Å². The lowest BCUT2D eigenvalue weighted by Crippen LogP contribution is -2.38. The zero-order chi connectivity index (χ0) is 12.4. The van der Waals surface area contributed by atoms with Crippen molar-refractivity contribution in [2.45, 2.75) is 45.3 Å². The minimum Gasteiger partial charge on any atom is -0.392 e. The number of nitrogens with zero attached hydrogens (tertiary/aromatic N) is 4. The molecule has 1 saturated heterocycles. The summed E-state index contributed by atoms with van der Waals surface area (Å²) in [6.07, 6.45) is 1.81. The van der Waals surface area contributed by atoms with Crippen LogP contribution in [0.1, 0.15) is 44.3 Å². The fourth-order valence-electron chi connectivity index (χ4n) is 2.39. The second kappa shape index (κ2) is 5.14. The average Bonchev–Trinajstić information content (AvgIpc) is 2.61. The first kappa shape index (κ1) is 12.5. The van der Waals surface area contributed by atoms with Gasteiger partial charge in [-0.3, -0.25) is 4.90 Å². The number of likely N-dealkylation sites (tertiary alicyclic amines) is 1. The molecule has 0 aromatic carbocycles. The van der Waals surface area contributed by atoms with Crippen LogP contribution < -0.4 is 0 Å². The Morgan fingerprint density at radius 2 is 2.18 bits per heavy atom. The van der Waals surface area contributed by atoms with Crippen LogP contribution in [0.5, 0.6) is 0 Å². The number of β-amino-alcohol motifs (C(OH)–C–C–N with tert-alkyl or cyclic N) is 1. The summed E-state index contributed by atoms with van der Waals surface area (Å²) in [5.74, 6) is 2.41. The van der Waals surface area contributed by atoms with Gasteiger partial charge in [0, 0.05) is 19.5 Å². The minimum absolute atomic E-state index is 0.179. The van der Waals surface area contributed by atoms with E-state index in [9.17, 15) is 5.11 Å². The fraction of sp³-hybridized carbons (Fsp3) is 0.833. The minimum atomic E-state index is -0.179. The van der Waals surface area contributed by atoms with Crippen LogP contribution in [0.4, 0.5) is 0 Å². The first-order valence-electron chi connectivity index (χ1n) is 6.36. The molecular weight excluding hydrogens is 216 g/mol. The maximum absolute atomic E-state index is 9.64. The van der Waals surface area contributed by atoms with E-state index in [4.69, 9.17) is 0 Å². The second-order valence-corrected chi connectivity index (χ2v) is 5.22. The van der Waals surface area contributed by atoms with Crippen LogP contribution in [-0.4, -0.2) is 44.0 Å². The van der Waals surface area contributed by atoms with Crippen molar-refractivity contribution in [3.8, 4) is 0 Å². The first-order chi connectivity index (χ1) is 8.08. The van der Waals surface area contributed by atoms with E-state index in [1.54, 1.807) is 0 Å². The molecule has 1 aromatic heterocycles. The van der Waals surface area contributed by atoms with E-state index in [1.165, 1.54) is 0 Å². The topological polar surface area (TPSA) is 54.2 Å². The molecular formula is C12H22N4O. The summed E-state index contributed by atoms with van der Waals surface area (Å²) in [6.45, 7) is 6.83. The Labute approximate surface area is 102 Å². The Hall–Kier alpha value is -0.940. The number of aliphatic hydroxyl groups excluding tert-OH is 1. The molecule has 1 unspecified atom stereocenters. The van der Waals surface area contributed by atoms with Gasteiger partial charge in [-0.1, -0.05) is 13.8 Å². The zero-order valence-corrected chi connectivity index (χ0v) is 10.9. The van der Waals surface area contributed by atoms with Crippen molar-refractivity contribution in [2.75, 3.05) is 13.1 Å². The number of aliphatic hydroxyl groups is 1. The first-order valence-corrected chi connectivity index (χ1v) is 6.36. The maximum atomic E-state index is 9.64. The summed E-state index contributed by atoms with van der Waals surface area (Å²) in [7, 11) is 2.02. The van der Waals surface area contributed by atoms with Crippen molar-refractivity contribution in [3.05, 3.63) is 11.6 Å². The second-order valence-electron chi connectivity index (χ2n) is 5.22. The van der Waals surface area contributed by atoms with Crippen LogP contribution in [0.2, 0.25) is 0 Å². The molecule has 0 bridgehead atoms. The van der Waals surface area contributed by atoms with E-state index in [-0.39, 0.29) is 6.10 Å². The molecule has 17 heavy (non-hydrogen) atoms. The lowest BCUT2D eigenvalue weighted by atomic mass is 10.1. The predicted molar refractivity (Wildman–Crippen MR) is 65.6 cm³/mol. The Kier molecular flexibility index (Phi) is 3.79. The van der Waals surface area contributed by atoms with Gasteiger partial charge in [-0.15, -0.1) is 10.2 Å². The van der Waals surface area contributed by atoms with Crippen LogP contribution in [0.3, 0.4) is 0 Å². The number of rotatable bonds is 3. The average molecular weight is 238 g/mol. The highest BCUT2D eigenvalue weighted by atomic mass is 16.3. The van der Waals surface area contributed by atoms with Gasteiger partial charge in [0.15, 0.2) is 0 Å². The molecule has 0 amide bonds. The van der Waals surface area contributed by atoms with Gasteiger partial charge in [-0.2, -0.15) is 0 Å². The lowest BCUT2D eigenvalue weighted by Gasteiger charge is -2.29. The summed E-state index contributed by atoms with van der Waals surface area (Å²) in [4.78, 5) is 2.25. The van der Waals surface area contributed by atoms with Gasteiger partial charge >= 0.3 is 0 Å². The maximum Gasteiger partial charge on any atom is 0.146 e. The third-order valence-corrected chi connectivity index (χ3v) is 3.36. The van der Waals surface area contributed by atoms with Gasteiger partial charge < -0.3 is 9.67 Å². The SMILES string of the molecule is CC(C)c1nnc(CN2CCCC(O)C2)n1C. The van der Waals surface area contributed by atoms with Crippen LogP contribution in [-0.2, 0) is 13.6 Å². The van der Waals surface area contributed by atoms with Crippen molar-refractivity contribution in [2.24, 2.45) is 7.05 Å². The molecule has 1 aromatic rings. The van der Waals surface area contributed by atoms with Gasteiger partial charge in [0.1, 0.15) is 11.6 Å². The van der Waals surface area contributed by atoms with Crippen LogP contribution in [0, 0.1) is 0 Å². The van der Waals surface area contributed by atoms with Crippen LogP contribution >= 0.6 is 0 Å².